The second-order valence-corrected chi connectivity index (χ2v) is 4.03. The first-order valence-electron chi connectivity index (χ1n) is 6.45. The maximum absolute atomic E-state index is 11.5. The summed E-state index contributed by atoms with van der Waals surface area (Å²) in [6.45, 7) is 6.45. The summed E-state index contributed by atoms with van der Waals surface area (Å²) < 4.78 is 5.41. The van der Waals surface area contributed by atoms with Gasteiger partial charge in [-0.1, -0.05) is 19.1 Å². The van der Waals surface area contributed by atoms with E-state index in [1.54, 1.807) is 0 Å². The van der Waals surface area contributed by atoms with Crippen molar-refractivity contribution in [3.63, 3.8) is 0 Å². The molecule has 0 atom stereocenters. The number of carbonyl (C=O) groups is 1. The molecule has 4 nitrogen and oxygen atoms in total. The highest BCUT2D eigenvalue weighted by atomic mass is 16.5. The van der Waals surface area contributed by atoms with E-state index < -0.39 is 0 Å². The molecule has 0 aliphatic heterocycles. The molecule has 0 aliphatic carbocycles. The molecular weight excluding hydrogens is 228 g/mol. The molecule has 4 heteroatoms. The molecule has 1 amide bonds. The van der Waals surface area contributed by atoms with E-state index in [4.69, 9.17) is 4.74 Å². The molecule has 18 heavy (non-hydrogen) atoms. The predicted molar refractivity (Wildman–Crippen MR) is 72.6 cm³/mol. The lowest BCUT2D eigenvalue weighted by atomic mass is 10.2. The number of amides is 1. The van der Waals surface area contributed by atoms with E-state index in [9.17, 15) is 4.79 Å². The molecule has 0 spiro atoms. The van der Waals surface area contributed by atoms with Crippen molar-refractivity contribution >= 4 is 5.91 Å². The Bertz CT molecular complexity index is 367. The van der Waals surface area contributed by atoms with E-state index >= 15 is 0 Å². The van der Waals surface area contributed by atoms with E-state index in [1.807, 2.05) is 31.2 Å². The molecule has 0 saturated heterocycles. The van der Waals surface area contributed by atoms with Crippen molar-refractivity contribution in [3.05, 3.63) is 29.8 Å². The van der Waals surface area contributed by atoms with Gasteiger partial charge < -0.3 is 15.4 Å². The van der Waals surface area contributed by atoms with Crippen LogP contribution in [-0.4, -0.2) is 25.6 Å². The van der Waals surface area contributed by atoms with Crippen LogP contribution in [-0.2, 0) is 11.3 Å². The number of benzene rings is 1. The first-order valence-corrected chi connectivity index (χ1v) is 6.45. The van der Waals surface area contributed by atoms with Gasteiger partial charge in [-0.15, -0.1) is 0 Å². The fourth-order valence-corrected chi connectivity index (χ4v) is 1.55. The summed E-state index contributed by atoms with van der Waals surface area (Å²) in [6.07, 6.45) is 1.03. The number of rotatable bonds is 8. The molecule has 0 fully saturated rings. The van der Waals surface area contributed by atoms with E-state index in [-0.39, 0.29) is 5.91 Å². The van der Waals surface area contributed by atoms with Gasteiger partial charge >= 0.3 is 0 Å². The Kier molecular flexibility index (Phi) is 6.87. The van der Waals surface area contributed by atoms with Crippen LogP contribution < -0.4 is 15.4 Å². The molecule has 1 rings (SSSR count). The summed E-state index contributed by atoms with van der Waals surface area (Å²) in [5, 5.41) is 5.94. The number of hydrogen-bond donors (Lipinski definition) is 2. The normalized spacial score (nSPS) is 10.1. The lowest BCUT2D eigenvalue weighted by Gasteiger charge is -2.08. The topological polar surface area (TPSA) is 50.4 Å². The van der Waals surface area contributed by atoms with Gasteiger partial charge in [0.2, 0.25) is 5.91 Å². The minimum Gasteiger partial charge on any atom is -0.494 e. The Hall–Kier alpha value is -1.55. The van der Waals surface area contributed by atoms with Crippen molar-refractivity contribution in [2.24, 2.45) is 0 Å². The second kappa shape index (κ2) is 8.53. The van der Waals surface area contributed by atoms with Crippen molar-refractivity contribution in [2.75, 3.05) is 19.7 Å². The molecule has 0 radical (unpaired) electrons. The van der Waals surface area contributed by atoms with Crippen LogP contribution >= 0.6 is 0 Å². The second-order valence-electron chi connectivity index (χ2n) is 4.03. The zero-order valence-corrected chi connectivity index (χ0v) is 11.2. The lowest BCUT2D eigenvalue weighted by Crippen LogP contribution is -2.33. The minimum absolute atomic E-state index is 0.0188. The summed E-state index contributed by atoms with van der Waals surface area (Å²) >= 11 is 0. The van der Waals surface area contributed by atoms with Crippen molar-refractivity contribution < 1.29 is 9.53 Å². The Morgan fingerprint density at radius 2 is 2.17 bits per heavy atom. The monoisotopic (exact) mass is 250 g/mol. The van der Waals surface area contributed by atoms with Gasteiger partial charge in [-0.2, -0.15) is 0 Å². The quantitative estimate of drug-likeness (QED) is 0.690. The number of carbonyl (C=O) groups excluding carboxylic acids is 1. The molecular formula is C14H22N2O2. The standard InChI is InChI=1S/C14H22N2O2/c1-3-8-15-11-14(17)16-10-12-6-5-7-13(9-12)18-4-2/h5-7,9,15H,3-4,8,10-11H2,1-2H3,(H,16,17). The maximum Gasteiger partial charge on any atom is 0.234 e. The minimum atomic E-state index is 0.0188. The van der Waals surface area contributed by atoms with E-state index in [0.29, 0.717) is 19.7 Å². The van der Waals surface area contributed by atoms with Gasteiger partial charge in [0.25, 0.3) is 0 Å². The molecule has 0 saturated carbocycles. The van der Waals surface area contributed by atoms with Crippen LogP contribution in [0.3, 0.4) is 0 Å². The molecule has 0 unspecified atom stereocenters. The van der Waals surface area contributed by atoms with Crippen molar-refractivity contribution in [1.82, 2.24) is 10.6 Å². The Labute approximate surface area is 109 Å². The molecule has 0 heterocycles. The third-order valence-corrected chi connectivity index (χ3v) is 2.41. The van der Waals surface area contributed by atoms with E-state index in [2.05, 4.69) is 17.6 Å². The van der Waals surface area contributed by atoms with Gasteiger partial charge in [0.1, 0.15) is 5.75 Å². The van der Waals surface area contributed by atoms with E-state index in [1.165, 1.54) is 0 Å². The van der Waals surface area contributed by atoms with Gasteiger partial charge in [-0.05, 0) is 37.6 Å². The van der Waals surface area contributed by atoms with Crippen LogP contribution in [0.1, 0.15) is 25.8 Å². The zero-order valence-electron chi connectivity index (χ0n) is 11.2. The van der Waals surface area contributed by atoms with Gasteiger partial charge in [0, 0.05) is 6.54 Å². The molecule has 0 aliphatic rings. The highest BCUT2D eigenvalue weighted by Gasteiger charge is 2.01. The third kappa shape index (κ3) is 5.68. The molecule has 0 aromatic heterocycles. The first-order chi connectivity index (χ1) is 8.76. The average molecular weight is 250 g/mol. The number of ether oxygens (including phenoxy) is 1. The van der Waals surface area contributed by atoms with Crippen LogP contribution in [0.25, 0.3) is 0 Å². The average Bonchev–Trinajstić information content (AvgIpc) is 2.38. The number of nitrogens with one attached hydrogen (secondary N) is 2. The summed E-state index contributed by atoms with van der Waals surface area (Å²) in [7, 11) is 0. The van der Waals surface area contributed by atoms with Gasteiger partial charge in [-0.25, -0.2) is 0 Å². The van der Waals surface area contributed by atoms with Gasteiger partial charge in [0.15, 0.2) is 0 Å². The fraction of sp³-hybridized carbons (Fsp3) is 0.500. The number of hydrogen-bond acceptors (Lipinski definition) is 3. The van der Waals surface area contributed by atoms with Crippen molar-refractivity contribution in [1.29, 1.82) is 0 Å². The fourth-order valence-electron chi connectivity index (χ4n) is 1.55. The molecule has 2 N–H and O–H groups in total. The molecule has 100 valence electrons. The highest BCUT2D eigenvalue weighted by molar-refractivity contribution is 5.77. The summed E-state index contributed by atoms with van der Waals surface area (Å²) in [4.78, 5) is 11.5. The predicted octanol–water partition coefficient (Wildman–Crippen LogP) is 1.70. The first kappa shape index (κ1) is 14.5. The van der Waals surface area contributed by atoms with Crippen LogP contribution in [0.15, 0.2) is 24.3 Å². The van der Waals surface area contributed by atoms with Gasteiger partial charge in [0.05, 0.1) is 13.2 Å². The third-order valence-electron chi connectivity index (χ3n) is 2.41. The Morgan fingerprint density at radius 3 is 2.89 bits per heavy atom. The SMILES string of the molecule is CCCNCC(=O)NCc1cccc(OCC)c1. The molecule has 1 aromatic rings. The van der Waals surface area contributed by atoms with Crippen molar-refractivity contribution in [2.45, 2.75) is 26.8 Å². The van der Waals surface area contributed by atoms with Crippen LogP contribution in [0.4, 0.5) is 0 Å². The lowest BCUT2D eigenvalue weighted by molar-refractivity contribution is -0.120. The Balaban J connectivity index is 2.33. The molecule has 0 bridgehead atoms. The summed E-state index contributed by atoms with van der Waals surface area (Å²) in [5.41, 5.74) is 1.05. The largest absolute Gasteiger partial charge is 0.494 e. The van der Waals surface area contributed by atoms with Crippen LogP contribution in [0.2, 0.25) is 0 Å². The van der Waals surface area contributed by atoms with E-state index in [0.717, 1.165) is 24.3 Å². The summed E-state index contributed by atoms with van der Waals surface area (Å²) in [5.74, 6) is 0.860. The molecule has 1 aromatic carbocycles. The maximum atomic E-state index is 11.5. The smallest absolute Gasteiger partial charge is 0.234 e. The summed E-state index contributed by atoms with van der Waals surface area (Å²) in [6, 6.07) is 7.77. The highest BCUT2D eigenvalue weighted by Crippen LogP contribution is 2.12. The Morgan fingerprint density at radius 1 is 1.33 bits per heavy atom. The van der Waals surface area contributed by atoms with Crippen molar-refractivity contribution in [3.8, 4) is 5.75 Å². The van der Waals surface area contributed by atoms with Gasteiger partial charge in [-0.3, -0.25) is 4.79 Å². The van der Waals surface area contributed by atoms with Crippen LogP contribution in [0, 0.1) is 0 Å². The van der Waals surface area contributed by atoms with Crippen LogP contribution in [0.5, 0.6) is 5.75 Å². The zero-order chi connectivity index (χ0) is 13.2.